The molecule has 2 aliphatic rings. The van der Waals surface area contributed by atoms with E-state index in [-0.39, 0.29) is 0 Å². The Morgan fingerprint density at radius 3 is 2.33 bits per heavy atom. The van der Waals surface area contributed by atoms with E-state index in [1.54, 1.807) is 0 Å². The van der Waals surface area contributed by atoms with Gasteiger partial charge in [-0.25, -0.2) is 0 Å². The van der Waals surface area contributed by atoms with E-state index in [1.807, 2.05) is 0 Å². The lowest BCUT2D eigenvalue weighted by atomic mass is 9.67. The summed E-state index contributed by atoms with van der Waals surface area (Å²) in [5.74, 6) is 0.841. The fourth-order valence-corrected chi connectivity index (χ4v) is 4.34. The Labute approximate surface area is 132 Å². The van der Waals surface area contributed by atoms with Gasteiger partial charge in [0, 0.05) is 38.8 Å². The SMILES string of the molecule is CCCNC1C(CN2CCN(CC)CC2)CCCC1(C)C. The average Bonchev–Trinajstić information content (AvgIpc) is 2.47. The molecule has 1 aliphatic carbocycles. The lowest BCUT2D eigenvalue weighted by Gasteiger charge is -2.47. The van der Waals surface area contributed by atoms with Gasteiger partial charge in [0.2, 0.25) is 0 Å². The summed E-state index contributed by atoms with van der Waals surface area (Å²) < 4.78 is 0. The normalized spacial score (nSPS) is 31.4. The highest BCUT2D eigenvalue weighted by molar-refractivity contribution is 4.94. The summed E-state index contributed by atoms with van der Waals surface area (Å²) in [6.07, 6.45) is 5.46. The van der Waals surface area contributed by atoms with Crippen molar-refractivity contribution in [1.82, 2.24) is 15.1 Å². The molecule has 3 heteroatoms. The largest absolute Gasteiger partial charge is 0.313 e. The van der Waals surface area contributed by atoms with E-state index in [1.165, 1.54) is 71.5 Å². The molecule has 2 rings (SSSR count). The van der Waals surface area contributed by atoms with Crippen molar-refractivity contribution in [2.24, 2.45) is 11.3 Å². The minimum Gasteiger partial charge on any atom is -0.313 e. The third kappa shape index (κ3) is 4.67. The van der Waals surface area contributed by atoms with Crippen LogP contribution in [0.1, 0.15) is 53.4 Å². The number of likely N-dealkylation sites (N-methyl/N-ethyl adjacent to an activating group) is 1. The maximum Gasteiger partial charge on any atom is 0.0159 e. The van der Waals surface area contributed by atoms with Crippen molar-refractivity contribution in [3.63, 3.8) is 0 Å². The summed E-state index contributed by atoms with van der Waals surface area (Å²) in [7, 11) is 0. The van der Waals surface area contributed by atoms with Crippen molar-refractivity contribution in [3.8, 4) is 0 Å². The van der Waals surface area contributed by atoms with Crippen LogP contribution in [-0.4, -0.2) is 61.7 Å². The van der Waals surface area contributed by atoms with E-state index in [2.05, 4.69) is 42.8 Å². The Bertz CT molecular complexity index is 295. The smallest absolute Gasteiger partial charge is 0.0159 e. The fourth-order valence-electron chi connectivity index (χ4n) is 4.34. The van der Waals surface area contributed by atoms with Crippen molar-refractivity contribution < 1.29 is 0 Å². The molecule has 1 saturated carbocycles. The summed E-state index contributed by atoms with van der Waals surface area (Å²) in [6.45, 7) is 18.3. The fraction of sp³-hybridized carbons (Fsp3) is 1.00. The van der Waals surface area contributed by atoms with Crippen LogP contribution in [0.15, 0.2) is 0 Å². The van der Waals surface area contributed by atoms with Crippen molar-refractivity contribution in [2.75, 3.05) is 45.8 Å². The molecule has 0 spiro atoms. The highest BCUT2D eigenvalue weighted by atomic mass is 15.3. The number of hydrogen-bond donors (Lipinski definition) is 1. The van der Waals surface area contributed by atoms with E-state index < -0.39 is 0 Å². The van der Waals surface area contributed by atoms with Crippen molar-refractivity contribution >= 4 is 0 Å². The Hall–Kier alpha value is -0.120. The van der Waals surface area contributed by atoms with Gasteiger partial charge in [-0.2, -0.15) is 0 Å². The molecule has 2 atom stereocenters. The Balaban J connectivity index is 1.90. The zero-order valence-electron chi connectivity index (χ0n) is 14.8. The van der Waals surface area contributed by atoms with Crippen LogP contribution >= 0.6 is 0 Å². The van der Waals surface area contributed by atoms with Gasteiger partial charge in [0.25, 0.3) is 0 Å². The van der Waals surface area contributed by atoms with Crippen LogP contribution in [0.2, 0.25) is 0 Å². The van der Waals surface area contributed by atoms with Gasteiger partial charge in [-0.1, -0.05) is 34.1 Å². The molecular weight excluding hydrogens is 258 g/mol. The quantitative estimate of drug-likeness (QED) is 0.813. The molecule has 0 radical (unpaired) electrons. The highest BCUT2D eigenvalue weighted by Gasteiger charge is 2.39. The number of piperazine rings is 1. The third-order valence-corrected chi connectivity index (χ3v) is 5.73. The van der Waals surface area contributed by atoms with Crippen LogP contribution in [0.25, 0.3) is 0 Å². The minimum atomic E-state index is 0.462. The maximum atomic E-state index is 3.88. The molecule has 0 bridgehead atoms. The number of hydrogen-bond acceptors (Lipinski definition) is 3. The molecule has 1 N–H and O–H groups in total. The van der Waals surface area contributed by atoms with Crippen LogP contribution in [0, 0.1) is 11.3 Å². The molecule has 2 fully saturated rings. The zero-order valence-corrected chi connectivity index (χ0v) is 14.8. The molecule has 0 aromatic heterocycles. The zero-order chi connectivity index (χ0) is 15.3. The molecule has 0 amide bonds. The number of rotatable bonds is 6. The summed E-state index contributed by atoms with van der Waals surface area (Å²) in [4.78, 5) is 5.30. The first-order chi connectivity index (χ1) is 10.1. The lowest BCUT2D eigenvalue weighted by molar-refractivity contribution is 0.0585. The van der Waals surface area contributed by atoms with Crippen LogP contribution in [-0.2, 0) is 0 Å². The van der Waals surface area contributed by atoms with Gasteiger partial charge in [0.15, 0.2) is 0 Å². The second-order valence-corrected chi connectivity index (χ2v) is 7.81. The Morgan fingerprint density at radius 1 is 1.05 bits per heavy atom. The first kappa shape index (κ1) is 17.2. The average molecular weight is 296 g/mol. The second kappa shape index (κ2) is 7.94. The van der Waals surface area contributed by atoms with E-state index >= 15 is 0 Å². The van der Waals surface area contributed by atoms with Gasteiger partial charge in [0.05, 0.1) is 0 Å². The van der Waals surface area contributed by atoms with E-state index in [0.29, 0.717) is 11.5 Å². The molecule has 0 aromatic carbocycles. The summed E-state index contributed by atoms with van der Waals surface area (Å²) in [5, 5.41) is 3.88. The number of nitrogens with zero attached hydrogens (tertiary/aromatic N) is 2. The van der Waals surface area contributed by atoms with Crippen molar-refractivity contribution in [2.45, 2.75) is 59.4 Å². The Kier molecular flexibility index (Phi) is 6.51. The van der Waals surface area contributed by atoms with Gasteiger partial charge in [-0.05, 0) is 43.7 Å². The summed E-state index contributed by atoms with van der Waals surface area (Å²) >= 11 is 0. The molecule has 1 heterocycles. The lowest BCUT2D eigenvalue weighted by Crippen LogP contribution is -2.55. The predicted molar refractivity (Wildman–Crippen MR) is 91.8 cm³/mol. The highest BCUT2D eigenvalue weighted by Crippen LogP contribution is 2.39. The summed E-state index contributed by atoms with van der Waals surface area (Å²) in [6, 6.07) is 0.704. The summed E-state index contributed by atoms with van der Waals surface area (Å²) in [5.41, 5.74) is 0.462. The molecule has 3 nitrogen and oxygen atoms in total. The molecule has 0 aromatic rings. The monoisotopic (exact) mass is 295 g/mol. The van der Waals surface area contributed by atoms with Gasteiger partial charge >= 0.3 is 0 Å². The molecular formula is C18H37N3. The number of nitrogens with one attached hydrogen (secondary N) is 1. The van der Waals surface area contributed by atoms with E-state index in [0.717, 1.165) is 5.92 Å². The van der Waals surface area contributed by atoms with Crippen molar-refractivity contribution in [3.05, 3.63) is 0 Å². The Morgan fingerprint density at radius 2 is 1.71 bits per heavy atom. The van der Waals surface area contributed by atoms with Crippen LogP contribution in [0.5, 0.6) is 0 Å². The van der Waals surface area contributed by atoms with Gasteiger partial charge < -0.3 is 15.1 Å². The van der Waals surface area contributed by atoms with Gasteiger partial charge in [-0.15, -0.1) is 0 Å². The minimum absolute atomic E-state index is 0.462. The van der Waals surface area contributed by atoms with E-state index in [9.17, 15) is 0 Å². The third-order valence-electron chi connectivity index (χ3n) is 5.73. The first-order valence-electron chi connectivity index (χ1n) is 9.25. The van der Waals surface area contributed by atoms with E-state index in [4.69, 9.17) is 0 Å². The van der Waals surface area contributed by atoms with Crippen molar-refractivity contribution in [1.29, 1.82) is 0 Å². The van der Waals surface area contributed by atoms with Crippen LogP contribution < -0.4 is 5.32 Å². The van der Waals surface area contributed by atoms with Crippen LogP contribution in [0.4, 0.5) is 0 Å². The predicted octanol–water partition coefficient (Wildman–Crippen LogP) is 2.82. The van der Waals surface area contributed by atoms with Crippen LogP contribution in [0.3, 0.4) is 0 Å². The maximum absolute atomic E-state index is 3.88. The standard InChI is InChI=1S/C18H37N3/c1-5-10-19-17-16(8-7-9-18(17,3)4)15-21-13-11-20(6-2)12-14-21/h16-17,19H,5-15H2,1-4H3. The van der Waals surface area contributed by atoms with Gasteiger partial charge in [0.1, 0.15) is 0 Å². The van der Waals surface area contributed by atoms with Gasteiger partial charge in [-0.3, -0.25) is 0 Å². The topological polar surface area (TPSA) is 18.5 Å². The molecule has 2 unspecified atom stereocenters. The molecule has 1 saturated heterocycles. The molecule has 1 aliphatic heterocycles. The second-order valence-electron chi connectivity index (χ2n) is 7.81. The molecule has 124 valence electrons. The molecule has 21 heavy (non-hydrogen) atoms. The first-order valence-corrected chi connectivity index (χ1v) is 9.25.